The number of nitro groups is 1. The second-order valence-corrected chi connectivity index (χ2v) is 5.85. The molecule has 2 heterocycles. The van der Waals surface area contributed by atoms with Crippen LogP contribution in [-0.2, 0) is 6.54 Å². The molecule has 0 unspecified atom stereocenters. The molecule has 0 amide bonds. The SMILES string of the molecule is Cc1ncc([N+](=O)[O-])n1CCSc1nnc(-c2ccc(F)cc2)o1. The average Bonchev–Trinajstić information content (AvgIpc) is 3.16. The topological polar surface area (TPSA) is 99.9 Å². The number of aryl methyl sites for hydroxylation is 1. The van der Waals surface area contributed by atoms with Crippen molar-refractivity contribution in [3.05, 3.63) is 52.2 Å². The molecule has 124 valence electrons. The lowest BCUT2D eigenvalue weighted by Crippen LogP contribution is -2.06. The molecule has 3 aromatic rings. The number of hydrogen-bond acceptors (Lipinski definition) is 7. The minimum Gasteiger partial charge on any atom is -0.411 e. The third-order valence-electron chi connectivity index (χ3n) is 3.26. The third-order valence-corrected chi connectivity index (χ3v) is 4.06. The summed E-state index contributed by atoms with van der Waals surface area (Å²) in [5, 5.41) is 19.1. The van der Waals surface area contributed by atoms with Gasteiger partial charge in [-0.3, -0.25) is 0 Å². The Kier molecular flexibility index (Phi) is 4.56. The van der Waals surface area contributed by atoms with Gasteiger partial charge in [0.2, 0.25) is 5.89 Å². The van der Waals surface area contributed by atoms with Crippen molar-refractivity contribution in [1.82, 2.24) is 19.7 Å². The number of benzene rings is 1. The zero-order valence-corrected chi connectivity index (χ0v) is 13.4. The Labute approximate surface area is 139 Å². The van der Waals surface area contributed by atoms with Gasteiger partial charge in [-0.1, -0.05) is 11.8 Å². The van der Waals surface area contributed by atoms with Crippen molar-refractivity contribution < 1.29 is 13.7 Å². The van der Waals surface area contributed by atoms with Crippen molar-refractivity contribution in [3.63, 3.8) is 0 Å². The molecule has 0 N–H and O–H groups in total. The Bertz CT molecular complexity index is 862. The largest absolute Gasteiger partial charge is 0.411 e. The first-order chi connectivity index (χ1) is 11.5. The van der Waals surface area contributed by atoms with Crippen LogP contribution in [0.2, 0.25) is 0 Å². The summed E-state index contributed by atoms with van der Waals surface area (Å²) in [7, 11) is 0. The van der Waals surface area contributed by atoms with Crippen LogP contribution in [0.1, 0.15) is 5.82 Å². The molecule has 0 spiro atoms. The molecule has 0 fully saturated rings. The molecule has 0 atom stereocenters. The fraction of sp³-hybridized carbons (Fsp3) is 0.214. The van der Waals surface area contributed by atoms with Gasteiger partial charge >= 0.3 is 5.82 Å². The summed E-state index contributed by atoms with van der Waals surface area (Å²) >= 11 is 1.28. The van der Waals surface area contributed by atoms with Gasteiger partial charge in [0, 0.05) is 18.2 Å². The maximum Gasteiger partial charge on any atom is 0.342 e. The molecule has 8 nitrogen and oxygen atoms in total. The minimum atomic E-state index is -0.468. The Morgan fingerprint density at radius 2 is 2.08 bits per heavy atom. The zero-order valence-electron chi connectivity index (χ0n) is 12.5. The van der Waals surface area contributed by atoms with E-state index in [1.807, 2.05) is 0 Å². The fourth-order valence-corrected chi connectivity index (χ4v) is 2.76. The summed E-state index contributed by atoms with van der Waals surface area (Å²) in [4.78, 5) is 14.4. The van der Waals surface area contributed by atoms with Crippen LogP contribution < -0.4 is 0 Å². The van der Waals surface area contributed by atoms with Gasteiger partial charge in [0.05, 0.1) is 0 Å². The van der Waals surface area contributed by atoms with E-state index in [2.05, 4.69) is 15.2 Å². The summed E-state index contributed by atoms with van der Waals surface area (Å²) < 4.78 is 19.9. The molecule has 10 heteroatoms. The van der Waals surface area contributed by atoms with Crippen LogP contribution in [0.3, 0.4) is 0 Å². The van der Waals surface area contributed by atoms with Crippen molar-refractivity contribution in [3.8, 4) is 11.5 Å². The van der Waals surface area contributed by atoms with Gasteiger partial charge in [0.1, 0.15) is 18.6 Å². The molecule has 0 radical (unpaired) electrons. The van der Waals surface area contributed by atoms with Crippen molar-refractivity contribution in [2.24, 2.45) is 0 Å². The Hall–Kier alpha value is -2.75. The van der Waals surface area contributed by atoms with E-state index in [-0.39, 0.29) is 11.6 Å². The molecular weight excluding hydrogens is 337 g/mol. The quantitative estimate of drug-likeness (QED) is 0.383. The van der Waals surface area contributed by atoms with Gasteiger partial charge < -0.3 is 14.5 Å². The maximum atomic E-state index is 12.9. The number of nitrogens with zero attached hydrogens (tertiary/aromatic N) is 5. The summed E-state index contributed by atoms with van der Waals surface area (Å²) in [5.74, 6) is 0.973. The van der Waals surface area contributed by atoms with E-state index < -0.39 is 4.92 Å². The van der Waals surface area contributed by atoms with E-state index in [4.69, 9.17) is 4.42 Å². The lowest BCUT2D eigenvalue weighted by molar-refractivity contribution is -0.392. The van der Waals surface area contributed by atoms with E-state index >= 15 is 0 Å². The van der Waals surface area contributed by atoms with Crippen molar-refractivity contribution in [2.45, 2.75) is 18.7 Å². The van der Waals surface area contributed by atoms with E-state index in [0.717, 1.165) is 0 Å². The van der Waals surface area contributed by atoms with Gasteiger partial charge in [-0.25, -0.2) is 13.9 Å². The van der Waals surface area contributed by atoms with Crippen molar-refractivity contribution in [1.29, 1.82) is 0 Å². The minimum absolute atomic E-state index is 0.0503. The Morgan fingerprint density at radius 3 is 2.79 bits per heavy atom. The van der Waals surface area contributed by atoms with Gasteiger partial charge in [-0.15, -0.1) is 10.2 Å². The predicted molar refractivity (Wildman–Crippen MR) is 84.0 cm³/mol. The highest BCUT2D eigenvalue weighted by atomic mass is 32.2. The molecule has 2 aromatic heterocycles. The van der Waals surface area contributed by atoms with Crippen LogP contribution in [0.15, 0.2) is 40.1 Å². The number of aromatic nitrogens is 4. The number of hydrogen-bond donors (Lipinski definition) is 0. The lowest BCUT2D eigenvalue weighted by atomic mass is 10.2. The Balaban J connectivity index is 1.63. The predicted octanol–water partition coefficient (Wildman–Crippen LogP) is 3.08. The Morgan fingerprint density at radius 1 is 1.33 bits per heavy atom. The van der Waals surface area contributed by atoms with Crippen molar-refractivity contribution >= 4 is 17.6 Å². The van der Waals surface area contributed by atoms with Crippen molar-refractivity contribution in [2.75, 3.05) is 5.75 Å². The summed E-state index contributed by atoms with van der Waals surface area (Å²) in [6.07, 6.45) is 1.24. The molecule has 0 aliphatic carbocycles. The maximum absolute atomic E-state index is 12.9. The highest BCUT2D eigenvalue weighted by Crippen LogP contribution is 2.24. The van der Waals surface area contributed by atoms with Crippen LogP contribution in [0.4, 0.5) is 10.2 Å². The normalized spacial score (nSPS) is 10.9. The summed E-state index contributed by atoms with van der Waals surface area (Å²) in [6.45, 7) is 2.10. The summed E-state index contributed by atoms with van der Waals surface area (Å²) in [5.41, 5.74) is 0.622. The molecule has 0 aliphatic heterocycles. The van der Waals surface area contributed by atoms with Crippen LogP contribution >= 0.6 is 11.8 Å². The fourth-order valence-electron chi connectivity index (χ4n) is 2.08. The molecule has 1 aromatic carbocycles. The van der Waals surface area contributed by atoms with E-state index in [9.17, 15) is 14.5 Å². The first kappa shape index (κ1) is 16.1. The third kappa shape index (κ3) is 3.43. The first-order valence-electron chi connectivity index (χ1n) is 6.93. The van der Waals surface area contributed by atoms with E-state index in [0.29, 0.717) is 34.8 Å². The molecule has 0 saturated heterocycles. The number of imidazole rings is 1. The average molecular weight is 349 g/mol. The second kappa shape index (κ2) is 6.79. The number of rotatable bonds is 6. The number of halogens is 1. The molecule has 0 saturated carbocycles. The van der Waals surface area contributed by atoms with E-state index in [1.165, 1.54) is 34.7 Å². The lowest BCUT2D eigenvalue weighted by Gasteiger charge is -2.01. The van der Waals surface area contributed by atoms with Crippen LogP contribution in [0.5, 0.6) is 0 Å². The van der Waals surface area contributed by atoms with Crippen LogP contribution in [0.25, 0.3) is 11.5 Å². The van der Waals surface area contributed by atoms with Gasteiger partial charge in [0.15, 0.2) is 5.82 Å². The van der Waals surface area contributed by atoms with Gasteiger partial charge in [-0.05, 0) is 29.2 Å². The zero-order chi connectivity index (χ0) is 17.1. The highest BCUT2D eigenvalue weighted by Gasteiger charge is 2.17. The second-order valence-electron chi connectivity index (χ2n) is 4.80. The highest BCUT2D eigenvalue weighted by molar-refractivity contribution is 7.99. The first-order valence-corrected chi connectivity index (χ1v) is 7.92. The molecule has 0 bridgehead atoms. The smallest absolute Gasteiger partial charge is 0.342 e. The van der Waals surface area contributed by atoms with Crippen LogP contribution in [0, 0.1) is 22.9 Å². The van der Waals surface area contributed by atoms with E-state index in [1.54, 1.807) is 19.1 Å². The standard InChI is InChI=1S/C14H12FN5O3S/c1-9-16-8-12(20(21)22)19(9)6-7-24-14-18-17-13(23-14)10-2-4-11(15)5-3-10/h2-5,8H,6-7H2,1H3. The molecular formula is C14H12FN5O3S. The molecule has 24 heavy (non-hydrogen) atoms. The van der Waals surface area contributed by atoms with Crippen LogP contribution in [-0.4, -0.2) is 30.4 Å². The molecule has 0 aliphatic rings. The molecule has 3 rings (SSSR count). The summed E-state index contributed by atoms with van der Waals surface area (Å²) in [6, 6.07) is 5.73. The van der Waals surface area contributed by atoms with Gasteiger partial charge in [-0.2, -0.15) is 0 Å². The number of thioether (sulfide) groups is 1. The monoisotopic (exact) mass is 349 g/mol. The van der Waals surface area contributed by atoms with Gasteiger partial charge in [0.25, 0.3) is 5.22 Å².